The van der Waals surface area contributed by atoms with Crippen molar-refractivity contribution in [3.63, 3.8) is 0 Å². The Morgan fingerprint density at radius 1 is 1.21 bits per heavy atom. The molecule has 1 unspecified atom stereocenters. The summed E-state index contributed by atoms with van der Waals surface area (Å²) >= 11 is 5.96. The fourth-order valence-electron chi connectivity index (χ4n) is 3.00. The van der Waals surface area contributed by atoms with Crippen LogP contribution in [-0.2, 0) is 16.4 Å². The molecule has 0 fully saturated rings. The molecule has 24 heavy (non-hydrogen) atoms. The Labute approximate surface area is 144 Å². The van der Waals surface area contributed by atoms with E-state index in [1.54, 1.807) is 30.3 Å². The van der Waals surface area contributed by atoms with Gasteiger partial charge in [0, 0.05) is 11.4 Å². The molecule has 1 heterocycles. The van der Waals surface area contributed by atoms with Gasteiger partial charge in [-0.15, -0.1) is 0 Å². The number of hydrogen-bond acceptors (Lipinski definition) is 2. The number of sulfonamides is 1. The third-order valence-electron chi connectivity index (χ3n) is 4.09. The summed E-state index contributed by atoms with van der Waals surface area (Å²) in [6.45, 7) is 1.85. The average Bonchev–Trinajstić information content (AvgIpc) is 2.84. The third-order valence-corrected chi connectivity index (χ3v) is 6.21. The molecule has 2 aromatic rings. The maximum atomic E-state index is 13.0. The molecule has 0 aromatic heterocycles. The van der Waals surface area contributed by atoms with Crippen LogP contribution in [0.1, 0.15) is 17.5 Å². The molecule has 7 heteroatoms. The van der Waals surface area contributed by atoms with E-state index < -0.39 is 28.9 Å². The van der Waals surface area contributed by atoms with Gasteiger partial charge in [-0.25, -0.2) is 17.2 Å². The minimum atomic E-state index is -3.92. The van der Waals surface area contributed by atoms with Crippen LogP contribution in [-0.4, -0.2) is 20.9 Å². The lowest BCUT2D eigenvalue weighted by molar-refractivity contribution is 0.130. The quantitative estimate of drug-likeness (QED) is 0.797. The van der Waals surface area contributed by atoms with E-state index in [2.05, 4.69) is 0 Å². The Hall–Kier alpha value is -1.66. The summed E-state index contributed by atoms with van der Waals surface area (Å²) in [6, 6.07) is 10.3. The number of rotatable bonds is 4. The number of alkyl halides is 2. The highest BCUT2D eigenvalue weighted by Gasteiger charge is 2.39. The predicted molar refractivity (Wildman–Crippen MR) is 90.4 cm³/mol. The van der Waals surface area contributed by atoms with Crippen LogP contribution in [0.25, 0.3) is 0 Å². The normalized spacial score (nSPS) is 17.4. The van der Waals surface area contributed by atoms with Gasteiger partial charge in [0.25, 0.3) is 10.0 Å². The van der Waals surface area contributed by atoms with Gasteiger partial charge in [-0.1, -0.05) is 29.3 Å². The van der Waals surface area contributed by atoms with E-state index in [0.29, 0.717) is 16.3 Å². The summed E-state index contributed by atoms with van der Waals surface area (Å²) in [4.78, 5) is 0.0927. The van der Waals surface area contributed by atoms with E-state index in [4.69, 9.17) is 11.6 Å². The smallest absolute Gasteiger partial charge is 0.262 e. The van der Waals surface area contributed by atoms with E-state index in [1.165, 1.54) is 12.1 Å². The first-order valence-electron chi connectivity index (χ1n) is 7.46. The molecule has 0 amide bonds. The Kier molecular flexibility index (Phi) is 4.53. The zero-order valence-electron chi connectivity index (χ0n) is 12.9. The highest BCUT2D eigenvalue weighted by atomic mass is 35.5. The maximum absolute atomic E-state index is 13.0. The SMILES string of the molecule is Cc1ccc(S(=O)(=O)N2c3ccc(Cl)cc3CC2CC(F)F)cc1. The number of nitrogens with zero attached hydrogens (tertiary/aromatic N) is 1. The van der Waals surface area contributed by atoms with Gasteiger partial charge in [0.05, 0.1) is 16.6 Å². The van der Waals surface area contributed by atoms with E-state index in [0.717, 1.165) is 9.87 Å². The van der Waals surface area contributed by atoms with Crippen molar-refractivity contribution in [3.8, 4) is 0 Å². The molecule has 1 atom stereocenters. The first-order valence-corrected chi connectivity index (χ1v) is 9.28. The second-order valence-electron chi connectivity index (χ2n) is 5.87. The number of fused-ring (bicyclic) bond motifs is 1. The summed E-state index contributed by atoms with van der Waals surface area (Å²) in [5, 5.41) is 0.458. The van der Waals surface area contributed by atoms with Crippen LogP contribution in [0.5, 0.6) is 0 Å². The molecule has 128 valence electrons. The van der Waals surface area contributed by atoms with Crippen molar-refractivity contribution in [2.45, 2.75) is 37.1 Å². The molecule has 3 rings (SSSR count). The molecule has 0 spiro atoms. The monoisotopic (exact) mass is 371 g/mol. The van der Waals surface area contributed by atoms with Crippen molar-refractivity contribution >= 4 is 27.3 Å². The van der Waals surface area contributed by atoms with Gasteiger partial charge in [-0.2, -0.15) is 0 Å². The average molecular weight is 372 g/mol. The molecule has 0 radical (unpaired) electrons. The topological polar surface area (TPSA) is 37.4 Å². The lowest BCUT2D eigenvalue weighted by atomic mass is 10.1. The van der Waals surface area contributed by atoms with Gasteiger partial charge in [0.1, 0.15) is 0 Å². The predicted octanol–water partition coefficient (Wildman–Crippen LogP) is 4.42. The van der Waals surface area contributed by atoms with Gasteiger partial charge < -0.3 is 0 Å². The molecule has 3 nitrogen and oxygen atoms in total. The van der Waals surface area contributed by atoms with Crippen molar-refractivity contribution in [3.05, 3.63) is 58.6 Å². The molecule has 1 aliphatic rings. The summed E-state index contributed by atoms with van der Waals surface area (Å²) in [5.74, 6) is 0. The standard InChI is InChI=1S/C17H16ClF2NO2S/c1-11-2-5-15(6-3-11)24(22,23)21-14(10-17(19)20)9-12-8-13(18)4-7-16(12)21/h2-8,14,17H,9-10H2,1H3. The Bertz CT molecular complexity index is 853. The zero-order valence-corrected chi connectivity index (χ0v) is 14.5. The van der Waals surface area contributed by atoms with E-state index in [1.807, 2.05) is 6.92 Å². The molecular formula is C17H16ClF2NO2S. The largest absolute Gasteiger partial charge is 0.264 e. The second kappa shape index (κ2) is 6.33. The molecule has 1 aliphatic heterocycles. The van der Waals surface area contributed by atoms with Crippen LogP contribution in [0, 0.1) is 6.92 Å². The molecule has 0 N–H and O–H groups in total. The number of hydrogen-bond donors (Lipinski definition) is 0. The van der Waals surface area contributed by atoms with Crippen molar-refractivity contribution in [1.29, 1.82) is 0 Å². The van der Waals surface area contributed by atoms with Crippen molar-refractivity contribution in [2.75, 3.05) is 4.31 Å². The lowest BCUT2D eigenvalue weighted by Gasteiger charge is -2.27. The molecule has 0 bridgehead atoms. The van der Waals surface area contributed by atoms with E-state index in [9.17, 15) is 17.2 Å². The van der Waals surface area contributed by atoms with Crippen LogP contribution in [0.15, 0.2) is 47.4 Å². The highest BCUT2D eigenvalue weighted by molar-refractivity contribution is 7.92. The van der Waals surface area contributed by atoms with Crippen LogP contribution in [0.4, 0.5) is 14.5 Å². The summed E-state index contributed by atoms with van der Waals surface area (Å²) in [5.41, 5.74) is 2.01. The van der Waals surface area contributed by atoms with E-state index >= 15 is 0 Å². The fraction of sp³-hybridized carbons (Fsp3) is 0.294. The van der Waals surface area contributed by atoms with Gasteiger partial charge in [0.15, 0.2) is 0 Å². The minimum absolute atomic E-state index is 0.0927. The van der Waals surface area contributed by atoms with Crippen molar-refractivity contribution < 1.29 is 17.2 Å². The van der Waals surface area contributed by atoms with Gasteiger partial charge in [-0.05, 0) is 49.2 Å². The summed E-state index contributed by atoms with van der Waals surface area (Å²) in [7, 11) is -3.92. The summed E-state index contributed by atoms with van der Waals surface area (Å²) in [6.07, 6.45) is -2.88. The molecular weight excluding hydrogens is 356 g/mol. The lowest BCUT2D eigenvalue weighted by Crippen LogP contribution is -2.38. The minimum Gasteiger partial charge on any atom is -0.262 e. The number of halogens is 3. The number of anilines is 1. The number of aryl methyl sites for hydroxylation is 1. The second-order valence-corrected chi connectivity index (χ2v) is 8.12. The third kappa shape index (κ3) is 3.13. The maximum Gasteiger partial charge on any atom is 0.264 e. The van der Waals surface area contributed by atoms with Crippen LogP contribution in [0.3, 0.4) is 0 Å². The summed E-state index contributed by atoms with van der Waals surface area (Å²) < 4.78 is 53.1. The Morgan fingerprint density at radius 2 is 1.88 bits per heavy atom. The van der Waals surface area contributed by atoms with E-state index in [-0.39, 0.29) is 11.3 Å². The molecule has 0 aliphatic carbocycles. The van der Waals surface area contributed by atoms with Crippen LogP contribution >= 0.6 is 11.6 Å². The molecule has 2 aromatic carbocycles. The zero-order chi connectivity index (χ0) is 17.5. The highest BCUT2D eigenvalue weighted by Crippen LogP contribution is 2.39. The molecule has 0 saturated carbocycles. The van der Waals surface area contributed by atoms with Crippen molar-refractivity contribution in [1.82, 2.24) is 0 Å². The number of benzene rings is 2. The van der Waals surface area contributed by atoms with Crippen LogP contribution in [0.2, 0.25) is 5.02 Å². The van der Waals surface area contributed by atoms with Gasteiger partial charge in [0.2, 0.25) is 6.43 Å². The van der Waals surface area contributed by atoms with Crippen molar-refractivity contribution in [2.24, 2.45) is 0 Å². The first kappa shape index (κ1) is 17.2. The first-order chi connectivity index (χ1) is 11.3. The Balaban J connectivity index is 2.09. The van der Waals surface area contributed by atoms with Crippen LogP contribution < -0.4 is 4.31 Å². The fourth-order valence-corrected chi connectivity index (χ4v) is 4.89. The van der Waals surface area contributed by atoms with Gasteiger partial charge >= 0.3 is 0 Å². The Morgan fingerprint density at radius 3 is 2.50 bits per heavy atom. The molecule has 0 saturated heterocycles. The van der Waals surface area contributed by atoms with Gasteiger partial charge in [-0.3, -0.25) is 4.31 Å².